The Morgan fingerprint density at radius 2 is 2.11 bits per heavy atom. The van der Waals surface area contributed by atoms with Crippen LogP contribution in [0.3, 0.4) is 0 Å². The average molecular weight is 268 g/mol. The zero-order chi connectivity index (χ0) is 13.0. The highest BCUT2D eigenvalue weighted by molar-refractivity contribution is 7.11. The molecule has 1 N–H and O–H groups in total. The van der Waals surface area contributed by atoms with E-state index in [1.54, 1.807) is 7.11 Å². The van der Waals surface area contributed by atoms with E-state index in [1.807, 2.05) is 11.3 Å². The van der Waals surface area contributed by atoms with E-state index in [1.165, 1.54) is 41.3 Å². The summed E-state index contributed by atoms with van der Waals surface area (Å²) in [7, 11) is 1.74. The van der Waals surface area contributed by atoms with E-state index in [4.69, 9.17) is 9.72 Å². The normalized spacial score (nSPS) is 16.9. The summed E-state index contributed by atoms with van der Waals surface area (Å²) >= 11 is 1.92. The second-order valence-electron chi connectivity index (χ2n) is 5.30. The molecule has 0 bridgehead atoms. The fraction of sp³-hybridized carbons (Fsp3) is 0.786. The van der Waals surface area contributed by atoms with Gasteiger partial charge in [-0.05, 0) is 31.6 Å². The molecule has 1 atom stereocenters. The van der Waals surface area contributed by atoms with Crippen LogP contribution in [0.4, 0.5) is 0 Å². The second kappa shape index (κ2) is 6.64. The van der Waals surface area contributed by atoms with Gasteiger partial charge in [-0.1, -0.05) is 13.8 Å². The predicted octanol–water partition coefficient (Wildman–Crippen LogP) is 2.96. The van der Waals surface area contributed by atoms with Crippen LogP contribution in [0.2, 0.25) is 0 Å². The van der Waals surface area contributed by atoms with Gasteiger partial charge < -0.3 is 10.1 Å². The molecular weight excluding hydrogens is 244 g/mol. The molecule has 0 aromatic carbocycles. The Bertz CT molecular complexity index is 352. The van der Waals surface area contributed by atoms with Gasteiger partial charge in [0.25, 0.3) is 0 Å². The number of hydrogen-bond acceptors (Lipinski definition) is 4. The van der Waals surface area contributed by atoms with Crippen LogP contribution in [0.25, 0.3) is 0 Å². The molecule has 4 heteroatoms. The number of nitrogens with zero attached hydrogens (tertiary/aromatic N) is 1. The summed E-state index contributed by atoms with van der Waals surface area (Å²) in [5, 5.41) is 4.84. The molecule has 1 aliphatic rings. The van der Waals surface area contributed by atoms with Crippen molar-refractivity contribution in [1.29, 1.82) is 0 Å². The molecule has 0 radical (unpaired) electrons. The third-order valence-corrected chi connectivity index (χ3v) is 4.71. The lowest BCUT2D eigenvalue weighted by Crippen LogP contribution is -2.28. The van der Waals surface area contributed by atoms with Gasteiger partial charge in [-0.25, -0.2) is 4.98 Å². The molecule has 1 unspecified atom stereocenters. The molecular formula is C14H24N2OS. The Morgan fingerprint density at radius 3 is 2.78 bits per heavy atom. The predicted molar refractivity (Wildman–Crippen MR) is 76.2 cm³/mol. The first-order chi connectivity index (χ1) is 8.72. The zero-order valence-electron chi connectivity index (χ0n) is 11.7. The maximum Gasteiger partial charge on any atom is 0.110 e. The molecule has 0 saturated heterocycles. The number of aromatic nitrogens is 1. The average Bonchev–Trinajstić information content (AvgIpc) is 2.77. The van der Waals surface area contributed by atoms with Gasteiger partial charge in [0.15, 0.2) is 0 Å². The number of rotatable bonds is 6. The Kier molecular flexibility index (Phi) is 5.15. The van der Waals surface area contributed by atoms with Crippen molar-refractivity contribution in [1.82, 2.24) is 10.3 Å². The highest BCUT2D eigenvalue weighted by atomic mass is 32.1. The van der Waals surface area contributed by atoms with Gasteiger partial charge in [0.2, 0.25) is 0 Å². The molecule has 0 spiro atoms. The third kappa shape index (κ3) is 3.31. The Labute approximate surface area is 114 Å². The molecule has 1 heterocycles. The number of ether oxygens (including phenoxy) is 1. The topological polar surface area (TPSA) is 34.1 Å². The van der Waals surface area contributed by atoms with Gasteiger partial charge in [-0.3, -0.25) is 0 Å². The van der Waals surface area contributed by atoms with Crippen molar-refractivity contribution < 1.29 is 4.74 Å². The first kappa shape index (κ1) is 14.0. The van der Waals surface area contributed by atoms with Gasteiger partial charge in [0.05, 0.1) is 18.3 Å². The summed E-state index contributed by atoms with van der Waals surface area (Å²) < 4.78 is 5.11. The van der Waals surface area contributed by atoms with Crippen molar-refractivity contribution in [3.05, 3.63) is 15.6 Å². The van der Waals surface area contributed by atoms with E-state index in [0.717, 1.165) is 13.2 Å². The SMILES string of the molecule is COCCNC(c1nc2c(s1)CCCC2)C(C)C. The molecule has 2 rings (SSSR count). The fourth-order valence-electron chi connectivity index (χ4n) is 2.43. The van der Waals surface area contributed by atoms with Crippen LogP contribution in [0.1, 0.15) is 48.3 Å². The fourth-order valence-corrected chi connectivity index (χ4v) is 3.83. The van der Waals surface area contributed by atoms with E-state index in [-0.39, 0.29) is 0 Å². The van der Waals surface area contributed by atoms with E-state index in [9.17, 15) is 0 Å². The van der Waals surface area contributed by atoms with Crippen molar-refractivity contribution >= 4 is 11.3 Å². The van der Waals surface area contributed by atoms with Crippen molar-refractivity contribution in [3.8, 4) is 0 Å². The second-order valence-corrected chi connectivity index (χ2v) is 6.41. The lowest BCUT2D eigenvalue weighted by Gasteiger charge is -2.20. The number of nitrogens with one attached hydrogen (secondary N) is 1. The number of aryl methyl sites for hydroxylation is 2. The molecule has 3 nitrogen and oxygen atoms in total. The monoisotopic (exact) mass is 268 g/mol. The Morgan fingerprint density at radius 1 is 1.33 bits per heavy atom. The van der Waals surface area contributed by atoms with E-state index in [0.29, 0.717) is 12.0 Å². The minimum Gasteiger partial charge on any atom is -0.383 e. The van der Waals surface area contributed by atoms with E-state index >= 15 is 0 Å². The van der Waals surface area contributed by atoms with Crippen LogP contribution >= 0.6 is 11.3 Å². The van der Waals surface area contributed by atoms with Crippen LogP contribution in [0, 0.1) is 5.92 Å². The molecule has 0 fully saturated rings. The zero-order valence-corrected chi connectivity index (χ0v) is 12.5. The highest BCUT2D eigenvalue weighted by Gasteiger charge is 2.22. The summed E-state index contributed by atoms with van der Waals surface area (Å²) in [6, 6.07) is 0.371. The molecule has 1 aliphatic carbocycles. The number of fused-ring (bicyclic) bond motifs is 1. The van der Waals surface area contributed by atoms with Gasteiger partial charge in [0, 0.05) is 18.5 Å². The molecule has 102 valence electrons. The summed E-state index contributed by atoms with van der Waals surface area (Å²) in [5.41, 5.74) is 1.36. The lowest BCUT2D eigenvalue weighted by atomic mass is 10.0. The Hall–Kier alpha value is -0.450. The van der Waals surface area contributed by atoms with Crippen LogP contribution in [0.15, 0.2) is 0 Å². The van der Waals surface area contributed by atoms with Gasteiger partial charge in [0.1, 0.15) is 5.01 Å². The van der Waals surface area contributed by atoms with Crippen molar-refractivity contribution in [2.24, 2.45) is 5.92 Å². The standard InChI is InChI=1S/C14H24N2OS/c1-10(2)13(15-8-9-17-3)14-16-11-6-4-5-7-12(11)18-14/h10,13,15H,4-9H2,1-3H3. The molecule has 0 aliphatic heterocycles. The summed E-state index contributed by atoms with van der Waals surface area (Å²) in [6.45, 7) is 6.16. The maximum atomic E-state index is 5.11. The van der Waals surface area contributed by atoms with Crippen LogP contribution in [0.5, 0.6) is 0 Å². The molecule has 1 aromatic rings. The van der Waals surface area contributed by atoms with Crippen LogP contribution < -0.4 is 5.32 Å². The first-order valence-electron chi connectivity index (χ1n) is 6.93. The number of methoxy groups -OCH3 is 1. The minimum atomic E-state index is 0.371. The molecule has 1 aromatic heterocycles. The van der Waals surface area contributed by atoms with E-state index < -0.39 is 0 Å². The first-order valence-corrected chi connectivity index (χ1v) is 7.74. The summed E-state index contributed by atoms with van der Waals surface area (Å²) in [4.78, 5) is 6.39. The largest absolute Gasteiger partial charge is 0.383 e. The molecule has 0 amide bonds. The Balaban J connectivity index is 2.07. The van der Waals surface area contributed by atoms with Crippen molar-refractivity contribution in [2.75, 3.05) is 20.3 Å². The summed E-state index contributed by atoms with van der Waals surface area (Å²) in [6.07, 6.45) is 5.04. The maximum absolute atomic E-state index is 5.11. The van der Waals surface area contributed by atoms with Gasteiger partial charge >= 0.3 is 0 Å². The summed E-state index contributed by atoms with van der Waals surface area (Å²) in [5.74, 6) is 0.564. The number of thiazole rings is 1. The number of hydrogen-bond donors (Lipinski definition) is 1. The smallest absolute Gasteiger partial charge is 0.110 e. The van der Waals surface area contributed by atoms with Crippen molar-refractivity contribution in [3.63, 3.8) is 0 Å². The van der Waals surface area contributed by atoms with Gasteiger partial charge in [-0.2, -0.15) is 0 Å². The van der Waals surface area contributed by atoms with E-state index in [2.05, 4.69) is 19.2 Å². The minimum absolute atomic E-state index is 0.371. The van der Waals surface area contributed by atoms with Gasteiger partial charge in [-0.15, -0.1) is 11.3 Å². The lowest BCUT2D eigenvalue weighted by molar-refractivity contribution is 0.192. The van der Waals surface area contributed by atoms with Crippen molar-refractivity contribution in [2.45, 2.75) is 45.6 Å². The quantitative estimate of drug-likeness (QED) is 0.805. The molecule has 18 heavy (non-hydrogen) atoms. The van der Waals surface area contributed by atoms with Crippen LogP contribution in [-0.2, 0) is 17.6 Å². The molecule has 0 saturated carbocycles. The highest BCUT2D eigenvalue weighted by Crippen LogP contribution is 2.32. The third-order valence-electron chi connectivity index (χ3n) is 3.47. The van der Waals surface area contributed by atoms with Crippen LogP contribution in [-0.4, -0.2) is 25.2 Å².